The van der Waals surface area contributed by atoms with E-state index in [-0.39, 0.29) is 17.5 Å². The van der Waals surface area contributed by atoms with E-state index >= 15 is 0 Å². The van der Waals surface area contributed by atoms with Crippen LogP contribution in [0.15, 0.2) is 18.3 Å². The standard InChI is InChI=1S/C16H22FN3O3/c1-19(2)15(21)20-10-16(11-20)12(6-9-23-16)5-8-22-14-13(17)4-3-7-18-14/h3-4,7,12H,5-6,8-11H2,1-2H3/t12-/m1/s1. The quantitative estimate of drug-likeness (QED) is 0.847. The lowest BCUT2D eigenvalue weighted by molar-refractivity contribution is -0.119. The van der Waals surface area contributed by atoms with Gasteiger partial charge in [0.05, 0.1) is 19.7 Å². The van der Waals surface area contributed by atoms with Crippen LogP contribution < -0.4 is 4.74 Å². The molecule has 3 heterocycles. The Morgan fingerprint density at radius 2 is 2.35 bits per heavy atom. The van der Waals surface area contributed by atoms with Gasteiger partial charge in [-0.05, 0) is 30.9 Å². The second-order valence-corrected chi connectivity index (χ2v) is 6.36. The summed E-state index contributed by atoms with van der Waals surface area (Å²) in [5.41, 5.74) is -0.252. The van der Waals surface area contributed by atoms with Gasteiger partial charge < -0.3 is 19.3 Å². The highest BCUT2D eigenvalue weighted by Crippen LogP contribution is 2.41. The molecule has 23 heavy (non-hydrogen) atoms. The summed E-state index contributed by atoms with van der Waals surface area (Å²) in [5, 5.41) is 0. The fourth-order valence-corrected chi connectivity index (χ4v) is 3.34. The molecule has 3 rings (SSSR count). The minimum absolute atomic E-state index is 0.0108. The van der Waals surface area contributed by atoms with Gasteiger partial charge in [-0.15, -0.1) is 0 Å². The van der Waals surface area contributed by atoms with E-state index in [9.17, 15) is 9.18 Å². The van der Waals surface area contributed by atoms with Gasteiger partial charge in [0.1, 0.15) is 5.60 Å². The summed E-state index contributed by atoms with van der Waals surface area (Å²) in [6, 6.07) is 2.88. The van der Waals surface area contributed by atoms with Crippen LogP contribution in [0.4, 0.5) is 9.18 Å². The molecule has 2 aliphatic heterocycles. The highest BCUT2D eigenvalue weighted by molar-refractivity contribution is 5.75. The predicted molar refractivity (Wildman–Crippen MR) is 81.8 cm³/mol. The summed E-state index contributed by atoms with van der Waals surface area (Å²) < 4.78 is 24.8. The maximum atomic E-state index is 13.5. The smallest absolute Gasteiger partial charge is 0.319 e. The molecular weight excluding hydrogens is 301 g/mol. The molecule has 1 spiro atoms. The van der Waals surface area contributed by atoms with Crippen LogP contribution >= 0.6 is 0 Å². The van der Waals surface area contributed by atoms with Crippen LogP contribution in [0.5, 0.6) is 5.88 Å². The van der Waals surface area contributed by atoms with Crippen molar-refractivity contribution in [2.24, 2.45) is 5.92 Å². The molecule has 0 saturated carbocycles. The largest absolute Gasteiger partial charge is 0.476 e. The maximum absolute atomic E-state index is 13.5. The zero-order valence-corrected chi connectivity index (χ0v) is 13.5. The molecule has 0 bridgehead atoms. The monoisotopic (exact) mass is 323 g/mol. The Morgan fingerprint density at radius 3 is 3.04 bits per heavy atom. The average molecular weight is 323 g/mol. The minimum Gasteiger partial charge on any atom is -0.476 e. The second-order valence-electron chi connectivity index (χ2n) is 6.36. The Bertz CT molecular complexity index is 575. The van der Waals surface area contributed by atoms with Gasteiger partial charge in [0.2, 0.25) is 5.88 Å². The summed E-state index contributed by atoms with van der Waals surface area (Å²) in [6.45, 7) is 2.33. The first-order chi connectivity index (χ1) is 11.0. The Morgan fingerprint density at radius 1 is 1.57 bits per heavy atom. The number of rotatable bonds is 4. The van der Waals surface area contributed by atoms with E-state index in [1.54, 1.807) is 23.9 Å². The average Bonchev–Trinajstić information content (AvgIpc) is 2.91. The van der Waals surface area contributed by atoms with Crippen molar-refractivity contribution >= 4 is 6.03 Å². The van der Waals surface area contributed by atoms with Crippen molar-refractivity contribution in [2.75, 3.05) is 40.4 Å². The number of hydrogen-bond donors (Lipinski definition) is 0. The third-order valence-electron chi connectivity index (χ3n) is 4.60. The van der Waals surface area contributed by atoms with E-state index in [4.69, 9.17) is 9.47 Å². The molecule has 0 unspecified atom stereocenters. The Hall–Kier alpha value is -1.89. The summed E-state index contributed by atoms with van der Waals surface area (Å²) in [4.78, 5) is 19.2. The van der Waals surface area contributed by atoms with E-state index in [1.165, 1.54) is 18.3 Å². The Kier molecular flexibility index (Phi) is 4.39. The lowest BCUT2D eigenvalue weighted by Crippen LogP contribution is -2.67. The summed E-state index contributed by atoms with van der Waals surface area (Å²) in [7, 11) is 3.49. The molecule has 0 N–H and O–H groups in total. The molecule has 2 saturated heterocycles. The van der Waals surface area contributed by atoms with Crippen molar-refractivity contribution in [3.63, 3.8) is 0 Å². The van der Waals surface area contributed by atoms with Gasteiger partial charge in [0.25, 0.3) is 0 Å². The van der Waals surface area contributed by atoms with Gasteiger partial charge in [0.15, 0.2) is 5.82 Å². The van der Waals surface area contributed by atoms with Crippen LogP contribution in [0.3, 0.4) is 0 Å². The third kappa shape index (κ3) is 3.10. The molecule has 7 heteroatoms. The number of halogens is 1. The third-order valence-corrected chi connectivity index (χ3v) is 4.60. The molecule has 1 atom stereocenters. The van der Waals surface area contributed by atoms with Crippen LogP contribution in [-0.4, -0.2) is 66.8 Å². The van der Waals surface area contributed by atoms with Crippen molar-refractivity contribution < 1.29 is 18.7 Å². The summed E-state index contributed by atoms with van der Waals surface area (Å²) >= 11 is 0. The number of hydrogen-bond acceptors (Lipinski definition) is 4. The van der Waals surface area contributed by atoms with E-state index < -0.39 is 5.82 Å². The number of carbonyl (C=O) groups is 1. The summed E-state index contributed by atoms with van der Waals surface area (Å²) in [6.07, 6.45) is 3.22. The van der Waals surface area contributed by atoms with E-state index in [1.807, 2.05) is 0 Å². The van der Waals surface area contributed by atoms with Crippen molar-refractivity contribution in [3.05, 3.63) is 24.1 Å². The lowest BCUT2D eigenvalue weighted by atomic mass is 9.79. The fraction of sp³-hybridized carbons (Fsp3) is 0.625. The minimum atomic E-state index is -0.448. The molecule has 126 valence electrons. The van der Waals surface area contributed by atoms with Gasteiger partial charge in [-0.3, -0.25) is 0 Å². The molecule has 1 aromatic heterocycles. The number of likely N-dealkylation sites (tertiary alicyclic amines) is 1. The SMILES string of the molecule is CN(C)C(=O)N1CC2(C1)OCC[C@H]2CCOc1ncccc1F. The fourth-order valence-electron chi connectivity index (χ4n) is 3.34. The highest BCUT2D eigenvalue weighted by atomic mass is 19.1. The molecule has 6 nitrogen and oxygen atoms in total. The van der Waals surface area contributed by atoms with Gasteiger partial charge in [-0.1, -0.05) is 0 Å². The zero-order chi connectivity index (χ0) is 16.4. The van der Waals surface area contributed by atoms with Crippen molar-refractivity contribution in [1.82, 2.24) is 14.8 Å². The first-order valence-corrected chi connectivity index (χ1v) is 7.85. The number of urea groups is 1. The van der Waals surface area contributed by atoms with Crippen LogP contribution in [-0.2, 0) is 4.74 Å². The molecule has 0 aromatic carbocycles. The number of aromatic nitrogens is 1. The first kappa shape index (κ1) is 16.0. The van der Waals surface area contributed by atoms with E-state index in [0.717, 1.165) is 12.8 Å². The van der Waals surface area contributed by atoms with Crippen molar-refractivity contribution in [3.8, 4) is 5.88 Å². The second kappa shape index (κ2) is 6.31. The Labute approximate surface area is 135 Å². The normalized spacial score (nSPS) is 22.0. The number of carbonyl (C=O) groups excluding carboxylic acids is 1. The van der Waals surface area contributed by atoms with Crippen molar-refractivity contribution in [2.45, 2.75) is 18.4 Å². The van der Waals surface area contributed by atoms with Crippen molar-refractivity contribution in [1.29, 1.82) is 0 Å². The first-order valence-electron chi connectivity index (χ1n) is 7.85. The number of ether oxygens (including phenoxy) is 2. The lowest BCUT2D eigenvalue weighted by Gasteiger charge is -2.50. The van der Waals surface area contributed by atoms with Crippen LogP contribution in [0, 0.1) is 11.7 Å². The zero-order valence-electron chi connectivity index (χ0n) is 13.5. The van der Waals surface area contributed by atoms with E-state index in [2.05, 4.69) is 4.98 Å². The molecule has 2 aliphatic rings. The van der Waals surface area contributed by atoms with Gasteiger partial charge in [-0.25, -0.2) is 14.2 Å². The number of nitrogens with zero attached hydrogens (tertiary/aromatic N) is 3. The Balaban J connectivity index is 1.51. The van der Waals surface area contributed by atoms with Crippen LogP contribution in [0.1, 0.15) is 12.8 Å². The maximum Gasteiger partial charge on any atom is 0.319 e. The number of pyridine rings is 1. The topological polar surface area (TPSA) is 54.9 Å². The molecule has 2 amide bonds. The number of amides is 2. The van der Waals surface area contributed by atoms with E-state index in [0.29, 0.717) is 32.2 Å². The molecule has 0 aliphatic carbocycles. The van der Waals surface area contributed by atoms with Crippen LogP contribution in [0.2, 0.25) is 0 Å². The predicted octanol–water partition coefficient (Wildman–Crippen LogP) is 1.76. The molecule has 0 radical (unpaired) electrons. The highest BCUT2D eigenvalue weighted by Gasteiger charge is 2.54. The van der Waals surface area contributed by atoms with Crippen LogP contribution in [0.25, 0.3) is 0 Å². The molecule has 2 fully saturated rings. The van der Waals surface area contributed by atoms with Gasteiger partial charge in [0, 0.05) is 26.9 Å². The summed E-state index contributed by atoms with van der Waals surface area (Å²) in [5.74, 6) is -0.0877. The molecule has 1 aromatic rings. The van der Waals surface area contributed by atoms with Gasteiger partial charge >= 0.3 is 6.03 Å². The van der Waals surface area contributed by atoms with Gasteiger partial charge in [-0.2, -0.15) is 0 Å². The molecular formula is C16H22FN3O3.